The molecule has 2 heterocycles. The van der Waals surface area contributed by atoms with Gasteiger partial charge in [0.2, 0.25) is 0 Å². The highest BCUT2D eigenvalue weighted by molar-refractivity contribution is 5.69. The van der Waals surface area contributed by atoms with Crippen molar-refractivity contribution in [3.05, 3.63) is 41.2 Å². The zero-order valence-electron chi connectivity index (χ0n) is 12.2. The second-order valence-electron chi connectivity index (χ2n) is 5.54. The molecule has 0 spiro atoms. The van der Waals surface area contributed by atoms with Crippen LogP contribution >= 0.6 is 0 Å². The van der Waals surface area contributed by atoms with Crippen molar-refractivity contribution in [3.63, 3.8) is 0 Å². The van der Waals surface area contributed by atoms with E-state index in [1.165, 1.54) is 40.9 Å². The maximum Gasteiger partial charge on any atom is 0.0718 e. The normalized spacial score (nSPS) is 14.3. The largest absolute Gasteiger partial charge is 0.330 e. The van der Waals surface area contributed by atoms with Gasteiger partial charge >= 0.3 is 0 Å². The molecule has 0 saturated carbocycles. The molecule has 0 fully saturated rings. The van der Waals surface area contributed by atoms with Gasteiger partial charge in [-0.2, -0.15) is 5.10 Å². The zero-order chi connectivity index (χ0) is 13.9. The number of aryl methyl sites for hydroxylation is 2. The van der Waals surface area contributed by atoms with Gasteiger partial charge in [0.05, 0.1) is 5.69 Å². The van der Waals surface area contributed by atoms with Crippen molar-refractivity contribution in [2.45, 2.75) is 45.6 Å². The smallest absolute Gasteiger partial charge is 0.0718 e. The van der Waals surface area contributed by atoms with Crippen LogP contribution in [0, 0.1) is 0 Å². The Balaban J connectivity index is 2.07. The van der Waals surface area contributed by atoms with Crippen molar-refractivity contribution >= 4 is 0 Å². The standard InChI is InChI=1S/C17H23N3/c1-2-13-6-8-14(9-7-13)17-15(10-11-18)19-20-12-4-3-5-16(17)20/h6-9H,2-5,10-12,18H2,1H3. The lowest BCUT2D eigenvalue weighted by Gasteiger charge is -2.15. The summed E-state index contributed by atoms with van der Waals surface area (Å²) in [5.74, 6) is 0. The Labute approximate surface area is 120 Å². The molecule has 0 saturated heterocycles. The third kappa shape index (κ3) is 2.38. The summed E-state index contributed by atoms with van der Waals surface area (Å²) in [6.45, 7) is 3.91. The first-order chi connectivity index (χ1) is 9.83. The molecule has 1 aliphatic rings. The lowest BCUT2D eigenvalue weighted by atomic mass is 9.96. The molecule has 0 radical (unpaired) electrons. The summed E-state index contributed by atoms with van der Waals surface area (Å²) >= 11 is 0. The highest BCUT2D eigenvalue weighted by Gasteiger charge is 2.20. The van der Waals surface area contributed by atoms with E-state index in [4.69, 9.17) is 10.8 Å². The van der Waals surface area contributed by atoms with E-state index < -0.39 is 0 Å². The topological polar surface area (TPSA) is 43.8 Å². The van der Waals surface area contributed by atoms with E-state index in [9.17, 15) is 0 Å². The number of nitrogens with two attached hydrogens (primary N) is 1. The van der Waals surface area contributed by atoms with Gasteiger partial charge in [-0.3, -0.25) is 4.68 Å². The first-order valence-electron chi connectivity index (χ1n) is 7.71. The molecule has 0 amide bonds. The summed E-state index contributed by atoms with van der Waals surface area (Å²) in [6.07, 6.45) is 5.61. The molecule has 106 valence electrons. The van der Waals surface area contributed by atoms with E-state index >= 15 is 0 Å². The predicted octanol–water partition coefficient (Wildman–Crippen LogP) is 2.95. The van der Waals surface area contributed by atoms with Crippen LogP contribution < -0.4 is 5.73 Å². The lowest BCUT2D eigenvalue weighted by molar-refractivity contribution is 0.484. The van der Waals surface area contributed by atoms with E-state index in [2.05, 4.69) is 35.9 Å². The molecule has 0 bridgehead atoms. The molecule has 3 nitrogen and oxygen atoms in total. The van der Waals surface area contributed by atoms with Crippen molar-refractivity contribution in [2.75, 3.05) is 6.54 Å². The van der Waals surface area contributed by atoms with Gasteiger partial charge in [-0.15, -0.1) is 0 Å². The van der Waals surface area contributed by atoms with Crippen molar-refractivity contribution in [3.8, 4) is 11.1 Å². The van der Waals surface area contributed by atoms with Gasteiger partial charge in [-0.05, 0) is 43.4 Å². The summed E-state index contributed by atoms with van der Waals surface area (Å²) < 4.78 is 2.21. The van der Waals surface area contributed by atoms with E-state index in [1.807, 2.05) is 0 Å². The summed E-state index contributed by atoms with van der Waals surface area (Å²) in [7, 11) is 0. The molecule has 2 aromatic rings. The second kappa shape index (κ2) is 5.80. The Morgan fingerprint density at radius 2 is 2.00 bits per heavy atom. The van der Waals surface area contributed by atoms with Crippen molar-refractivity contribution in [1.82, 2.24) is 9.78 Å². The van der Waals surface area contributed by atoms with Gasteiger partial charge in [0.15, 0.2) is 0 Å². The van der Waals surface area contributed by atoms with Crippen molar-refractivity contribution in [1.29, 1.82) is 0 Å². The molecule has 1 aliphatic heterocycles. The quantitative estimate of drug-likeness (QED) is 0.927. The molecular weight excluding hydrogens is 246 g/mol. The molecule has 20 heavy (non-hydrogen) atoms. The molecule has 3 heteroatoms. The molecule has 0 atom stereocenters. The Morgan fingerprint density at radius 1 is 1.20 bits per heavy atom. The number of aromatic nitrogens is 2. The van der Waals surface area contributed by atoms with Crippen LogP contribution in [0.15, 0.2) is 24.3 Å². The fourth-order valence-corrected chi connectivity index (χ4v) is 3.10. The van der Waals surface area contributed by atoms with Crippen LogP contribution in [0.25, 0.3) is 11.1 Å². The fraction of sp³-hybridized carbons (Fsp3) is 0.471. The maximum absolute atomic E-state index is 5.76. The molecule has 0 aliphatic carbocycles. The monoisotopic (exact) mass is 269 g/mol. The SMILES string of the molecule is CCc1ccc(-c2c(CCN)nn3c2CCCC3)cc1. The number of fused-ring (bicyclic) bond motifs is 1. The Kier molecular flexibility index (Phi) is 3.88. The van der Waals surface area contributed by atoms with Gasteiger partial charge in [0.25, 0.3) is 0 Å². The summed E-state index contributed by atoms with van der Waals surface area (Å²) in [5, 5.41) is 4.80. The first-order valence-corrected chi connectivity index (χ1v) is 7.71. The van der Waals surface area contributed by atoms with Crippen LogP contribution in [0.1, 0.15) is 36.7 Å². The number of rotatable bonds is 4. The van der Waals surface area contributed by atoms with E-state index in [0.717, 1.165) is 25.8 Å². The average molecular weight is 269 g/mol. The molecular formula is C17H23N3. The average Bonchev–Trinajstić information content (AvgIpc) is 2.86. The number of nitrogens with zero attached hydrogens (tertiary/aromatic N) is 2. The molecule has 1 aromatic carbocycles. The summed E-state index contributed by atoms with van der Waals surface area (Å²) in [6, 6.07) is 8.94. The van der Waals surface area contributed by atoms with Gasteiger partial charge in [0, 0.05) is 24.2 Å². The first kappa shape index (κ1) is 13.4. The Bertz CT molecular complexity index is 581. The van der Waals surface area contributed by atoms with Gasteiger partial charge < -0.3 is 5.73 Å². The minimum Gasteiger partial charge on any atom is -0.330 e. The van der Waals surface area contributed by atoms with Crippen LogP contribution in [0.3, 0.4) is 0 Å². The maximum atomic E-state index is 5.76. The minimum atomic E-state index is 0.663. The fourth-order valence-electron chi connectivity index (χ4n) is 3.10. The van der Waals surface area contributed by atoms with Crippen LogP contribution in [-0.4, -0.2) is 16.3 Å². The van der Waals surface area contributed by atoms with E-state index in [0.29, 0.717) is 6.54 Å². The molecule has 1 aromatic heterocycles. The third-order valence-corrected chi connectivity index (χ3v) is 4.20. The minimum absolute atomic E-state index is 0.663. The molecule has 0 unspecified atom stereocenters. The second-order valence-corrected chi connectivity index (χ2v) is 5.54. The summed E-state index contributed by atoms with van der Waals surface area (Å²) in [5.41, 5.74) is 12.4. The van der Waals surface area contributed by atoms with Crippen molar-refractivity contribution < 1.29 is 0 Å². The van der Waals surface area contributed by atoms with Gasteiger partial charge in [0.1, 0.15) is 0 Å². The predicted molar refractivity (Wildman–Crippen MR) is 82.7 cm³/mol. The third-order valence-electron chi connectivity index (χ3n) is 4.20. The van der Waals surface area contributed by atoms with E-state index in [1.54, 1.807) is 0 Å². The van der Waals surface area contributed by atoms with Crippen LogP contribution in [0.2, 0.25) is 0 Å². The van der Waals surface area contributed by atoms with Crippen LogP contribution in [-0.2, 0) is 25.8 Å². The highest BCUT2D eigenvalue weighted by atomic mass is 15.3. The number of hydrogen-bond donors (Lipinski definition) is 1. The highest BCUT2D eigenvalue weighted by Crippen LogP contribution is 2.31. The molecule has 2 N–H and O–H groups in total. The number of benzene rings is 1. The Morgan fingerprint density at radius 3 is 2.70 bits per heavy atom. The van der Waals surface area contributed by atoms with Crippen molar-refractivity contribution in [2.24, 2.45) is 5.73 Å². The number of hydrogen-bond acceptors (Lipinski definition) is 2. The lowest BCUT2D eigenvalue weighted by Crippen LogP contribution is -2.11. The Hall–Kier alpha value is -1.61. The zero-order valence-corrected chi connectivity index (χ0v) is 12.2. The summed E-state index contributed by atoms with van der Waals surface area (Å²) in [4.78, 5) is 0. The van der Waals surface area contributed by atoms with Crippen LogP contribution in [0.5, 0.6) is 0 Å². The van der Waals surface area contributed by atoms with Gasteiger partial charge in [-0.1, -0.05) is 31.2 Å². The van der Waals surface area contributed by atoms with E-state index in [-0.39, 0.29) is 0 Å². The molecule has 3 rings (SSSR count). The van der Waals surface area contributed by atoms with Crippen LogP contribution in [0.4, 0.5) is 0 Å². The van der Waals surface area contributed by atoms with Gasteiger partial charge in [-0.25, -0.2) is 0 Å².